The molecule has 1 aromatic rings. The number of hydrogen-bond acceptors (Lipinski definition) is 4. The predicted octanol–water partition coefficient (Wildman–Crippen LogP) is 1.33. The van der Waals surface area contributed by atoms with Crippen molar-refractivity contribution >= 4 is 5.84 Å². The van der Waals surface area contributed by atoms with E-state index in [1.165, 1.54) is 12.4 Å². The van der Waals surface area contributed by atoms with Crippen molar-refractivity contribution in [3.8, 4) is 5.88 Å². The quantitative estimate of drug-likeness (QED) is 0.419. The molecule has 0 aliphatic carbocycles. The van der Waals surface area contributed by atoms with E-state index in [9.17, 15) is 0 Å². The first-order valence-electron chi connectivity index (χ1n) is 5.04. The van der Waals surface area contributed by atoms with Gasteiger partial charge in [-0.3, -0.25) is 5.41 Å². The van der Waals surface area contributed by atoms with Gasteiger partial charge in [0, 0.05) is 12.4 Å². The second-order valence-corrected chi connectivity index (χ2v) is 3.18. The van der Waals surface area contributed by atoms with Gasteiger partial charge in [-0.1, -0.05) is 19.8 Å². The zero-order valence-corrected chi connectivity index (χ0v) is 8.86. The minimum Gasteiger partial charge on any atom is -0.476 e. The van der Waals surface area contributed by atoms with Crippen molar-refractivity contribution in [3.63, 3.8) is 0 Å². The van der Waals surface area contributed by atoms with Crippen LogP contribution in [0.15, 0.2) is 12.4 Å². The molecule has 0 aromatic carbocycles. The van der Waals surface area contributed by atoms with Crippen molar-refractivity contribution in [1.29, 1.82) is 5.41 Å². The van der Waals surface area contributed by atoms with Crippen LogP contribution < -0.4 is 10.5 Å². The molecule has 15 heavy (non-hydrogen) atoms. The number of nitrogens with zero attached hydrogens (tertiary/aromatic N) is 2. The molecule has 5 nitrogen and oxygen atoms in total. The van der Waals surface area contributed by atoms with E-state index in [1.807, 2.05) is 0 Å². The van der Waals surface area contributed by atoms with Gasteiger partial charge in [-0.15, -0.1) is 0 Å². The summed E-state index contributed by atoms with van der Waals surface area (Å²) in [5.41, 5.74) is 5.66. The first kappa shape index (κ1) is 11.4. The lowest BCUT2D eigenvalue weighted by molar-refractivity contribution is 0.293. The average Bonchev–Trinajstić information content (AvgIpc) is 2.25. The largest absolute Gasteiger partial charge is 0.476 e. The van der Waals surface area contributed by atoms with Gasteiger partial charge in [-0.25, -0.2) is 9.97 Å². The van der Waals surface area contributed by atoms with Crippen molar-refractivity contribution in [3.05, 3.63) is 18.1 Å². The molecular weight excluding hydrogens is 192 g/mol. The summed E-state index contributed by atoms with van der Waals surface area (Å²) in [4.78, 5) is 7.93. The van der Waals surface area contributed by atoms with Crippen LogP contribution in [0.4, 0.5) is 0 Å². The maximum atomic E-state index is 7.29. The molecule has 82 valence electrons. The lowest BCUT2D eigenvalue weighted by Gasteiger charge is -2.07. The zero-order chi connectivity index (χ0) is 11.1. The fraction of sp³-hybridized carbons (Fsp3) is 0.500. The molecule has 1 aromatic heterocycles. The van der Waals surface area contributed by atoms with E-state index in [1.54, 1.807) is 0 Å². The average molecular weight is 208 g/mol. The molecule has 0 amide bonds. The highest BCUT2D eigenvalue weighted by Crippen LogP contribution is 2.10. The van der Waals surface area contributed by atoms with Gasteiger partial charge >= 0.3 is 0 Å². The van der Waals surface area contributed by atoms with Gasteiger partial charge in [-0.05, 0) is 6.42 Å². The molecule has 0 aliphatic heterocycles. The van der Waals surface area contributed by atoms with Crippen LogP contribution in [0.1, 0.15) is 31.9 Å². The fourth-order valence-electron chi connectivity index (χ4n) is 1.14. The normalized spacial score (nSPS) is 9.93. The second-order valence-electron chi connectivity index (χ2n) is 3.18. The molecule has 0 radical (unpaired) electrons. The number of nitrogen functional groups attached to an aromatic ring is 1. The van der Waals surface area contributed by atoms with Crippen molar-refractivity contribution in [2.45, 2.75) is 26.2 Å². The van der Waals surface area contributed by atoms with Crippen LogP contribution in [0.25, 0.3) is 0 Å². The van der Waals surface area contributed by atoms with E-state index < -0.39 is 0 Å². The zero-order valence-electron chi connectivity index (χ0n) is 8.86. The lowest BCUT2D eigenvalue weighted by atomic mass is 10.3. The molecule has 0 fully saturated rings. The standard InChI is InChI=1S/C10H16N4O/c1-2-3-4-7-15-10-8(9(11)12)13-5-6-14-10/h5-6H,2-4,7H2,1H3,(H3,11,12). The molecular formula is C10H16N4O. The van der Waals surface area contributed by atoms with E-state index in [-0.39, 0.29) is 5.84 Å². The van der Waals surface area contributed by atoms with Crippen LogP contribution in [0.2, 0.25) is 0 Å². The Kier molecular flexibility index (Phi) is 4.53. The maximum Gasteiger partial charge on any atom is 0.243 e. The molecule has 0 bridgehead atoms. The Morgan fingerprint density at radius 1 is 1.40 bits per heavy atom. The minimum absolute atomic E-state index is 0.117. The smallest absolute Gasteiger partial charge is 0.243 e. The topological polar surface area (TPSA) is 84.9 Å². The Bertz CT molecular complexity index is 327. The first-order chi connectivity index (χ1) is 7.25. The van der Waals surface area contributed by atoms with Crippen LogP contribution in [0, 0.1) is 5.41 Å². The van der Waals surface area contributed by atoms with Crippen LogP contribution >= 0.6 is 0 Å². The van der Waals surface area contributed by atoms with Gasteiger partial charge in [0.1, 0.15) is 5.84 Å². The number of nitrogens with one attached hydrogen (secondary N) is 1. The number of nitrogens with two attached hydrogens (primary N) is 1. The number of aromatic nitrogens is 2. The summed E-state index contributed by atoms with van der Waals surface area (Å²) in [6.07, 6.45) is 6.26. The summed E-state index contributed by atoms with van der Waals surface area (Å²) in [5, 5.41) is 7.29. The van der Waals surface area contributed by atoms with Crippen LogP contribution in [-0.2, 0) is 0 Å². The van der Waals surface area contributed by atoms with Gasteiger partial charge in [0.2, 0.25) is 5.88 Å². The van der Waals surface area contributed by atoms with Gasteiger partial charge in [0.05, 0.1) is 6.61 Å². The Hall–Kier alpha value is -1.65. The minimum atomic E-state index is -0.117. The van der Waals surface area contributed by atoms with Gasteiger partial charge in [-0.2, -0.15) is 0 Å². The van der Waals surface area contributed by atoms with Gasteiger partial charge in [0.15, 0.2) is 5.69 Å². The summed E-state index contributed by atoms with van der Waals surface area (Å²) >= 11 is 0. The van der Waals surface area contributed by atoms with E-state index in [0.29, 0.717) is 18.2 Å². The summed E-state index contributed by atoms with van der Waals surface area (Å²) in [5.74, 6) is 0.231. The number of hydrogen-bond donors (Lipinski definition) is 2. The van der Waals surface area contributed by atoms with E-state index in [4.69, 9.17) is 15.9 Å². The van der Waals surface area contributed by atoms with Gasteiger partial charge in [0.25, 0.3) is 0 Å². The summed E-state index contributed by atoms with van der Waals surface area (Å²) in [6.45, 7) is 2.72. The highest BCUT2D eigenvalue weighted by Gasteiger charge is 2.08. The third kappa shape index (κ3) is 3.53. The Morgan fingerprint density at radius 2 is 2.13 bits per heavy atom. The van der Waals surface area contributed by atoms with Crippen LogP contribution in [0.5, 0.6) is 5.88 Å². The number of amidine groups is 1. The molecule has 0 saturated carbocycles. The molecule has 0 atom stereocenters. The predicted molar refractivity (Wildman–Crippen MR) is 58.1 cm³/mol. The number of rotatable bonds is 6. The monoisotopic (exact) mass is 208 g/mol. The highest BCUT2D eigenvalue weighted by molar-refractivity contribution is 5.94. The number of unbranched alkanes of at least 4 members (excludes halogenated alkanes) is 2. The fourth-order valence-corrected chi connectivity index (χ4v) is 1.14. The lowest BCUT2D eigenvalue weighted by Crippen LogP contribution is -2.16. The molecule has 0 aliphatic rings. The van der Waals surface area contributed by atoms with Gasteiger partial charge < -0.3 is 10.5 Å². The van der Waals surface area contributed by atoms with Crippen molar-refractivity contribution in [1.82, 2.24) is 9.97 Å². The van der Waals surface area contributed by atoms with E-state index in [0.717, 1.165) is 19.3 Å². The molecule has 0 spiro atoms. The first-order valence-corrected chi connectivity index (χ1v) is 5.04. The molecule has 5 heteroatoms. The molecule has 1 heterocycles. The Labute approximate surface area is 89.2 Å². The molecule has 1 rings (SSSR count). The van der Waals surface area contributed by atoms with Crippen molar-refractivity contribution in [2.75, 3.05) is 6.61 Å². The SMILES string of the molecule is CCCCCOc1nccnc1C(=N)N. The highest BCUT2D eigenvalue weighted by atomic mass is 16.5. The van der Waals surface area contributed by atoms with Crippen molar-refractivity contribution in [2.24, 2.45) is 5.73 Å². The summed E-state index contributed by atoms with van der Waals surface area (Å²) < 4.78 is 5.41. The van der Waals surface area contributed by atoms with Crippen molar-refractivity contribution < 1.29 is 4.74 Å². The Morgan fingerprint density at radius 3 is 2.80 bits per heavy atom. The molecule has 0 saturated heterocycles. The maximum absolute atomic E-state index is 7.29. The summed E-state index contributed by atoms with van der Waals surface area (Å²) in [6, 6.07) is 0. The molecule has 3 N–H and O–H groups in total. The third-order valence-electron chi connectivity index (χ3n) is 1.91. The van der Waals surface area contributed by atoms with E-state index >= 15 is 0 Å². The molecule has 0 unspecified atom stereocenters. The third-order valence-corrected chi connectivity index (χ3v) is 1.91. The Balaban J connectivity index is 2.56. The van der Waals surface area contributed by atoms with Crippen LogP contribution in [0.3, 0.4) is 0 Å². The van der Waals surface area contributed by atoms with Crippen LogP contribution in [-0.4, -0.2) is 22.4 Å². The van der Waals surface area contributed by atoms with E-state index in [2.05, 4.69) is 16.9 Å². The number of ether oxygens (including phenoxy) is 1. The second kappa shape index (κ2) is 5.95. The summed E-state index contributed by atoms with van der Waals surface area (Å²) in [7, 11) is 0.